The summed E-state index contributed by atoms with van der Waals surface area (Å²) >= 11 is 3.98. The average Bonchev–Trinajstić information content (AvgIpc) is 2.18. The lowest BCUT2D eigenvalue weighted by Gasteiger charge is -2.29. The molecule has 0 radical (unpaired) electrons. The average molecular weight is 200 g/mol. The van der Waals surface area contributed by atoms with E-state index in [1.54, 1.807) is 4.90 Å². The molecule has 0 aromatic heterocycles. The second-order valence-corrected chi connectivity index (χ2v) is 3.25. The molecule has 1 amide bonds. The van der Waals surface area contributed by atoms with Gasteiger partial charge in [-0.1, -0.05) is 0 Å². The van der Waals surface area contributed by atoms with E-state index in [1.165, 1.54) is 0 Å². The van der Waals surface area contributed by atoms with Gasteiger partial charge in [0.05, 0.1) is 19.2 Å². The summed E-state index contributed by atoms with van der Waals surface area (Å²) in [5.74, 6) is 0.603. The molecule has 1 aliphatic rings. The van der Waals surface area contributed by atoms with Crippen LogP contribution in [0.2, 0.25) is 0 Å². The van der Waals surface area contributed by atoms with Crippen LogP contribution >= 0.6 is 12.6 Å². The molecule has 4 nitrogen and oxygen atoms in total. The Labute approximate surface area is 82.9 Å². The molecule has 5 heteroatoms. The molecule has 1 aliphatic heterocycles. The number of rotatable bonds is 2. The number of thiol groups is 1. The number of morpholine rings is 1. The SMILES string of the molecule is N#CC1CN(C(=O)CCS)CCO1. The van der Waals surface area contributed by atoms with Gasteiger partial charge < -0.3 is 9.64 Å². The van der Waals surface area contributed by atoms with Crippen LogP contribution in [0.3, 0.4) is 0 Å². The van der Waals surface area contributed by atoms with Crippen LogP contribution in [0.5, 0.6) is 0 Å². The molecule has 0 aliphatic carbocycles. The summed E-state index contributed by atoms with van der Waals surface area (Å²) in [6.45, 7) is 1.43. The Balaban J connectivity index is 2.42. The van der Waals surface area contributed by atoms with Crippen LogP contribution in [-0.4, -0.2) is 42.4 Å². The molecule has 1 rings (SSSR count). The lowest BCUT2D eigenvalue weighted by atomic mass is 10.2. The van der Waals surface area contributed by atoms with Crippen LogP contribution in [0.15, 0.2) is 0 Å². The van der Waals surface area contributed by atoms with Crippen LogP contribution in [0, 0.1) is 11.3 Å². The summed E-state index contributed by atoms with van der Waals surface area (Å²) in [7, 11) is 0. The lowest BCUT2D eigenvalue weighted by Crippen LogP contribution is -2.45. The number of nitriles is 1. The summed E-state index contributed by atoms with van der Waals surface area (Å²) in [4.78, 5) is 13.0. The third kappa shape index (κ3) is 2.90. The van der Waals surface area contributed by atoms with Crippen LogP contribution < -0.4 is 0 Å². The molecule has 1 fully saturated rings. The normalized spacial score (nSPS) is 22.5. The minimum Gasteiger partial charge on any atom is -0.360 e. The molecule has 0 N–H and O–H groups in total. The van der Waals surface area contributed by atoms with E-state index in [4.69, 9.17) is 10.00 Å². The smallest absolute Gasteiger partial charge is 0.223 e. The van der Waals surface area contributed by atoms with Crippen molar-refractivity contribution in [3.05, 3.63) is 0 Å². The monoisotopic (exact) mass is 200 g/mol. The van der Waals surface area contributed by atoms with Gasteiger partial charge in [0.1, 0.15) is 0 Å². The maximum absolute atomic E-state index is 11.4. The van der Waals surface area contributed by atoms with Gasteiger partial charge in [0.25, 0.3) is 0 Å². The summed E-state index contributed by atoms with van der Waals surface area (Å²) < 4.78 is 5.11. The molecule has 0 bridgehead atoms. The third-order valence-electron chi connectivity index (χ3n) is 1.89. The molecule has 0 spiro atoms. The highest BCUT2D eigenvalue weighted by atomic mass is 32.1. The van der Waals surface area contributed by atoms with Crippen molar-refractivity contribution in [2.75, 3.05) is 25.4 Å². The Bertz CT molecular complexity index is 227. The van der Waals surface area contributed by atoms with Crippen molar-refractivity contribution in [2.45, 2.75) is 12.5 Å². The van der Waals surface area contributed by atoms with Gasteiger partial charge in [0.2, 0.25) is 5.91 Å². The highest BCUT2D eigenvalue weighted by molar-refractivity contribution is 7.80. The van der Waals surface area contributed by atoms with Crippen LogP contribution in [0.25, 0.3) is 0 Å². The Morgan fingerprint density at radius 3 is 3.15 bits per heavy atom. The van der Waals surface area contributed by atoms with Gasteiger partial charge in [-0.05, 0) is 5.75 Å². The van der Waals surface area contributed by atoms with E-state index >= 15 is 0 Å². The van der Waals surface area contributed by atoms with E-state index in [0.29, 0.717) is 31.9 Å². The van der Waals surface area contributed by atoms with Gasteiger partial charge in [0, 0.05) is 13.0 Å². The van der Waals surface area contributed by atoms with E-state index in [1.807, 2.05) is 6.07 Å². The van der Waals surface area contributed by atoms with E-state index in [0.717, 1.165) is 0 Å². The maximum Gasteiger partial charge on any atom is 0.223 e. The summed E-state index contributed by atoms with van der Waals surface area (Å²) in [6.07, 6.45) is -0.0287. The molecule has 1 saturated heterocycles. The zero-order valence-corrected chi connectivity index (χ0v) is 8.17. The summed E-state index contributed by atoms with van der Waals surface area (Å²) in [5, 5.41) is 8.59. The number of hydrogen-bond acceptors (Lipinski definition) is 4. The second-order valence-electron chi connectivity index (χ2n) is 2.80. The van der Waals surface area contributed by atoms with Crippen molar-refractivity contribution >= 4 is 18.5 Å². The summed E-state index contributed by atoms with van der Waals surface area (Å²) in [5.41, 5.74) is 0. The first-order chi connectivity index (χ1) is 6.27. The fraction of sp³-hybridized carbons (Fsp3) is 0.750. The van der Waals surface area contributed by atoms with Gasteiger partial charge in [-0.3, -0.25) is 4.79 Å². The molecule has 1 unspecified atom stereocenters. The molecular weight excluding hydrogens is 188 g/mol. The molecule has 1 heterocycles. The van der Waals surface area contributed by atoms with Crippen molar-refractivity contribution in [1.82, 2.24) is 4.90 Å². The van der Waals surface area contributed by atoms with Crippen LogP contribution in [0.4, 0.5) is 0 Å². The number of carbonyl (C=O) groups excluding carboxylic acids is 1. The number of amides is 1. The number of carbonyl (C=O) groups is 1. The predicted octanol–water partition coefficient (Wildman–Crippen LogP) is 0.0573. The van der Waals surface area contributed by atoms with Gasteiger partial charge in [-0.25, -0.2) is 0 Å². The second kappa shape index (κ2) is 5.10. The van der Waals surface area contributed by atoms with Crippen molar-refractivity contribution in [2.24, 2.45) is 0 Å². The Morgan fingerprint density at radius 1 is 1.77 bits per heavy atom. The van der Waals surface area contributed by atoms with Gasteiger partial charge in [0.15, 0.2) is 6.10 Å². The summed E-state index contributed by atoms with van der Waals surface area (Å²) in [6, 6.07) is 2.00. The molecule has 72 valence electrons. The van der Waals surface area contributed by atoms with E-state index < -0.39 is 6.10 Å². The minimum absolute atomic E-state index is 0.0542. The first-order valence-corrected chi connectivity index (χ1v) is 4.81. The van der Waals surface area contributed by atoms with Crippen molar-refractivity contribution in [1.29, 1.82) is 5.26 Å². The van der Waals surface area contributed by atoms with E-state index in [2.05, 4.69) is 12.6 Å². The van der Waals surface area contributed by atoms with Gasteiger partial charge in [-0.15, -0.1) is 0 Å². The third-order valence-corrected chi connectivity index (χ3v) is 2.11. The van der Waals surface area contributed by atoms with Crippen LogP contribution in [-0.2, 0) is 9.53 Å². The number of hydrogen-bond donors (Lipinski definition) is 1. The Kier molecular flexibility index (Phi) is 4.06. The zero-order chi connectivity index (χ0) is 9.68. The Hall–Kier alpha value is -0.730. The van der Waals surface area contributed by atoms with E-state index in [-0.39, 0.29) is 5.91 Å². The largest absolute Gasteiger partial charge is 0.360 e. The van der Waals surface area contributed by atoms with Crippen molar-refractivity contribution in [3.8, 4) is 6.07 Å². The highest BCUT2D eigenvalue weighted by Gasteiger charge is 2.22. The molecular formula is C8H12N2O2S. The standard InChI is InChI=1S/C8H12N2O2S/c9-5-7-6-10(2-3-12-7)8(11)1-4-13/h7,13H,1-4,6H2. The van der Waals surface area contributed by atoms with E-state index in [9.17, 15) is 4.79 Å². The quantitative estimate of drug-likeness (QED) is 0.641. The minimum atomic E-state index is -0.461. The highest BCUT2D eigenvalue weighted by Crippen LogP contribution is 2.06. The fourth-order valence-electron chi connectivity index (χ4n) is 1.21. The van der Waals surface area contributed by atoms with Crippen molar-refractivity contribution in [3.63, 3.8) is 0 Å². The Morgan fingerprint density at radius 2 is 2.54 bits per heavy atom. The number of ether oxygens (including phenoxy) is 1. The van der Waals surface area contributed by atoms with Crippen molar-refractivity contribution < 1.29 is 9.53 Å². The number of nitrogens with zero attached hydrogens (tertiary/aromatic N) is 2. The predicted molar refractivity (Wildman–Crippen MR) is 50.4 cm³/mol. The molecule has 1 atom stereocenters. The first-order valence-electron chi connectivity index (χ1n) is 4.17. The van der Waals surface area contributed by atoms with Gasteiger partial charge >= 0.3 is 0 Å². The maximum atomic E-state index is 11.4. The van der Waals surface area contributed by atoms with Gasteiger partial charge in [-0.2, -0.15) is 17.9 Å². The molecule has 13 heavy (non-hydrogen) atoms. The topological polar surface area (TPSA) is 53.3 Å². The first kappa shape index (κ1) is 10.4. The molecule has 0 saturated carbocycles. The van der Waals surface area contributed by atoms with Crippen LogP contribution in [0.1, 0.15) is 6.42 Å². The molecule has 0 aromatic rings. The zero-order valence-electron chi connectivity index (χ0n) is 7.27. The lowest BCUT2D eigenvalue weighted by molar-refractivity contribution is -0.136. The molecule has 0 aromatic carbocycles. The fourth-order valence-corrected chi connectivity index (χ4v) is 1.40.